The predicted molar refractivity (Wildman–Crippen MR) is 165 cm³/mol. The number of rotatable bonds is 8. The molecule has 2 atom stereocenters. The van der Waals surface area contributed by atoms with Crippen LogP contribution in [0.2, 0.25) is 0 Å². The van der Waals surface area contributed by atoms with Crippen molar-refractivity contribution in [2.45, 2.75) is 37.1 Å². The van der Waals surface area contributed by atoms with Crippen molar-refractivity contribution in [1.29, 1.82) is 0 Å². The summed E-state index contributed by atoms with van der Waals surface area (Å²) in [7, 11) is -3.84. The van der Waals surface area contributed by atoms with Crippen LogP contribution in [0.3, 0.4) is 0 Å². The van der Waals surface area contributed by atoms with Crippen molar-refractivity contribution in [2.24, 2.45) is 5.92 Å². The molecule has 4 N–H and O–H groups in total. The Balaban J connectivity index is 0.000000671. The molecule has 2 heterocycles. The number of carboxylic acid groups (broad SMARTS) is 1. The van der Waals surface area contributed by atoms with Crippen LogP contribution in [0.5, 0.6) is 5.75 Å². The van der Waals surface area contributed by atoms with Crippen LogP contribution < -0.4 is 15.5 Å². The number of fused-ring (bicyclic) bond motifs is 1. The number of hydrogen-bond donors (Lipinski definition) is 4. The topological polar surface area (TPSA) is 175 Å². The summed E-state index contributed by atoms with van der Waals surface area (Å²) in [5.41, 5.74) is 4.73. The minimum absolute atomic E-state index is 0.0695. The highest BCUT2D eigenvalue weighted by Crippen LogP contribution is 2.26. The first-order chi connectivity index (χ1) is 22.7. The van der Waals surface area contributed by atoms with Crippen molar-refractivity contribution in [3.8, 4) is 5.75 Å². The molecule has 0 aliphatic carbocycles. The highest BCUT2D eigenvalue weighted by molar-refractivity contribution is 7.89. The van der Waals surface area contributed by atoms with Crippen molar-refractivity contribution in [1.82, 2.24) is 20.1 Å². The number of aliphatic carboxylic acids is 1. The predicted octanol–water partition coefficient (Wildman–Crippen LogP) is 4.07. The minimum atomic E-state index is -5.08. The number of para-hydroxylation sites is 1. The van der Waals surface area contributed by atoms with Gasteiger partial charge in [-0.1, -0.05) is 36.4 Å². The first kappa shape index (κ1) is 35.8. The summed E-state index contributed by atoms with van der Waals surface area (Å²) in [5, 5.41) is 20.2. The smallest absolute Gasteiger partial charge is 0.489 e. The molecule has 0 unspecified atom stereocenters. The lowest BCUT2D eigenvalue weighted by atomic mass is 9.91. The number of alkyl halides is 3. The first-order valence-corrected chi connectivity index (χ1v) is 15.8. The lowest BCUT2D eigenvalue weighted by molar-refractivity contribution is -0.192. The lowest BCUT2D eigenvalue weighted by Gasteiger charge is -2.37. The number of hydrogen-bond acceptors (Lipinski definition) is 8. The van der Waals surface area contributed by atoms with Crippen LogP contribution in [0, 0.1) is 12.8 Å². The highest BCUT2D eigenvalue weighted by Gasteiger charge is 2.40. The Morgan fingerprint density at radius 2 is 1.62 bits per heavy atom. The number of ether oxygens (including phenoxy) is 1. The minimum Gasteiger partial charge on any atom is -0.489 e. The number of carbonyl (C=O) groups excluding carboxylic acids is 2. The molecule has 1 saturated heterocycles. The number of benzene rings is 3. The van der Waals surface area contributed by atoms with Gasteiger partial charge in [-0.2, -0.15) is 17.5 Å². The number of nitrogens with one attached hydrogen (secondary N) is 2. The highest BCUT2D eigenvalue weighted by atomic mass is 32.2. The Kier molecular flexibility index (Phi) is 11.4. The fourth-order valence-electron chi connectivity index (χ4n) is 5.05. The van der Waals surface area contributed by atoms with Crippen molar-refractivity contribution in [3.05, 3.63) is 102 Å². The molecular formula is C32H31F3N4O8S. The van der Waals surface area contributed by atoms with E-state index in [1.54, 1.807) is 47.9 Å². The van der Waals surface area contributed by atoms with Crippen molar-refractivity contribution in [2.75, 3.05) is 13.1 Å². The standard InChI is InChI=1S/C30H30N4O6S.C2HF3O2/c1-20-17-22(25-9-5-6-10-27(25)31-20)19-40-23-13-11-21(12-14-23)29(35)32-28-18-34(16-15-26(28)30(36)33-37)41(38,39)24-7-3-2-4-8-24;3-2(4,5)1(6)7/h2-14,17,26,28,37H,15-16,18-19H2,1H3,(H,32,35)(H,33,36);(H,6,7)/t26-,28+;/m0./s1. The van der Waals surface area contributed by atoms with Gasteiger partial charge in [-0.3, -0.25) is 19.8 Å². The second-order valence-electron chi connectivity index (χ2n) is 10.7. The van der Waals surface area contributed by atoms with Crippen LogP contribution in [0.1, 0.15) is 28.0 Å². The molecule has 0 spiro atoms. The summed E-state index contributed by atoms with van der Waals surface area (Å²) in [6.45, 7) is 2.20. The maximum absolute atomic E-state index is 13.2. The molecular weight excluding hydrogens is 657 g/mol. The van der Waals surface area contributed by atoms with Gasteiger partial charge in [0, 0.05) is 35.3 Å². The molecule has 1 aliphatic heterocycles. The molecule has 3 aromatic carbocycles. The molecule has 5 rings (SSSR count). The Labute approximate surface area is 273 Å². The van der Waals surface area contributed by atoms with Crippen molar-refractivity contribution < 1.29 is 51.0 Å². The number of halogens is 3. The van der Waals surface area contributed by atoms with Gasteiger partial charge in [0.25, 0.3) is 5.91 Å². The monoisotopic (exact) mass is 688 g/mol. The summed E-state index contributed by atoms with van der Waals surface area (Å²) in [6.07, 6.45) is -4.96. The van der Waals surface area contributed by atoms with E-state index in [0.717, 1.165) is 22.2 Å². The van der Waals surface area contributed by atoms with Crippen LogP contribution in [0.25, 0.3) is 10.9 Å². The van der Waals surface area contributed by atoms with Gasteiger partial charge in [0.1, 0.15) is 12.4 Å². The van der Waals surface area contributed by atoms with E-state index in [-0.39, 0.29) is 24.4 Å². The molecule has 0 saturated carbocycles. The number of piperidine rings is 1. The summed E-state index contributed by atoms with van der Waals surface area (Å²) in [5.74, 6) is -4.17. The number of pyridine rings is 1. The molecule has 12 nitrogen and oxygen atoms in total. The van der Waals surface area contributed by atoms with Gasteiger partial charge in [-0.05, 0) is 61.9 Å². The van der Waals surface area contributed by atoms with Gasteiger partial charge in [-0.25, -0.2) is 18.7 Å². The van der Waals surface area contributed by atoms with E-state index in [1.807, 2.05) is 37.3 Å². The summed E-state index contributed by atoms with van der Waals surface area (Å²) < 4.78 is 65.3. The zero-order valence-electron chi connectivity index (χ0n) is 25.3. The second-order valence-corrected chi connectivity index (χ2v) is 12.6. The molecule has 254 valence electrons. The molecule has 0 radical (unpaired) electrons. The quantitative estimate of drug-likeness (QED) is 0.157. The van der Waals surface area contributed by atoms with Crippen LogP contribution in [-0.2, 0) is 26.2 Å². The van der Waals surface area contributed by atoms with Gasteiger partial charge in [0.05, 0.1) is 22.4 Å². The number of carboxylic acids is 1. The molecule has 2 amide bonds. The van der Waals surface area contributed by atoms with Crippen molar-refractivity contribution in [3.63, 3.8) is 0 Å². The number of sulfonamides is 1. The van der Waals surface area contributed by atoms with E-state index in [0.29, 0.717) is 17.9 Å². The zero-order chi connectivity index (χ0) is 35.1. The zero-order valence-corrected chi connectivity index (χ0v) is 26.2. The van der Waals surface area contributed by atoms with Gasteiger partial charge >= 0.3 is 12.1 Å². The second kappa shape index (κ2) is 15.2. The third kappa shape index (κ3) is 8.84. The Hall–Kier alpha value is -5.06. The average molecular weight is 689 g/mol. The van der Waals surface area contributed by atoms with Gasteiger partial charge < -0.3 is 15.2 Å². The van der Waals surface area contributed by atoms with E-state index in [2.05, 4.69) is 10.3 Å². The van der Waals surface area contributed by atoms with E-state index >= 15 is 0 Å². The normalized spacial score (nSPS) is 16.7. The molecule has 48 heavy (non-hydrogen) atoms. The Morgan fingerprint density at radius 1 is 1.00 bits per heavy atom. The van der Waals surface area contributed by atoms with Gasteiger partial charge in [0.15, 0.2) is 0 Å². The third-order valence-electron chi connectivity index (χ3n) is 7.40. The summed E-state index contributed by atoms with van der Waals surface area (Å²) >= 11 is 0. The van der Waals surface area contributed by atoms with E-state index in [1.165, 1.54) is 16.4 Å². The van der Waals surface area contributed by atoms with Crippen LogP contribution >= 0.6 is 0 Å². The number of aryl methyl sites for hydroxylation is 1. The average Bonchev–Trinajstić information content (AvgIpc) is 3.07. The largest absolute Gasteiger partial charge is 0.490 e. The van der Waals surface area contributed by atoms with E-state index in [4.69, 9.17) is 14.6 Å². The maximum Gasteiger partial charge on any atom is 0.490 e. The molecule has 4 aromatic rings. The number of nitrogens with zero attached hydrogens (tertiary/aromatic N) is 2. The SMILES string of the molecule is Cc1cc(COc2ccc(C(=O)N[C@@H]3CN(S(=O)(=O)c4ccccc4)CC[C@@H]3C(=O)NO)cc2)c2ccccc2n1.O=C(O)C(F)(F)F. The number of carbonyl (C=O) groups is 3. The van der Waals surface area contributed by atoms with Crippen molar-refractivity contribution >= 4 is 38.7 Å². The van der Waals surface area contributed by atoms with Gasteiger partial charge in [-0.15, -0.1) is 0 Å². The summed E-state index contributed by atoms with van der Waals surface area (Å²) in [4.78, 5) is 39.1. The fourth-order valence-corrected chi connectivity index (χ4v) is 6.56. The molecule has 1 aromatic heterocycles. The number of aromatic nitrogens is 1. The molecule has 16 heteroatoms. The Bertz CT molecular complexity index is 1870. The summed E-state index contributed by atoms with van der Waals surface area (Å²) in [6, 6.07) is 23.5. The Morgan fingerprint density at radius 3 is 2.25 bits per heavy atom. The molecule has 1 fully saturated rings. The third-order valence-corrected chi connectivity index (χ3v) is 9.28. The maximum atomic E-state index is 13.2. The van der Waals surface area contributed by atoms with Crippen LogP contribution in [0.4, 0.5) is 13.2 Å². The fraction of sp³-hybridized carbons (Fsp3) is 0.250. The van der Waals surface area contributed by atoms with Gasteiger partial charge in [0.2, 0.25) is 15.9 Å². The van der Waals surface area contributed by atoms with E-state index in [9.17, 15) is 36.4 Å². The number of amides is 2. The molecule has 0 bridgehead atoms. The molecule has 1 aliphatic rings. The lowest BCUT2D eigenvalue weighted by Crippen LogP contribution is -2.57. The van der Waals surface area contributed by atoms with E-state index < -0.39 is 45.9 Å². The van der Waals surface area contributed by atoms with Crippen LogP contribution in [-0.4, -0.2) is 71.1 Å². The van der Waals surface area contributed by atoms with Crippen LogP contribution in [0.15, 0.2) is 89.8 Å². The first-order valence-electron chi connectivity index (χ1n) is 14.4. The number of hydroxylamine groups is 1.